The minimum Gasteiger partial charge on any atom is -0.376 e. The summed E-state index contributed by atoms with van der Waals surface area (Å²) in [5.41, 5.74) is 7.69. The van der Waals surface area contributed by atoms with E-state index in [0.29, 0.717) is 45.1 Å². The minimum atomic E-state index is 0.121. The highest BCUT2D eigenvalue weighted by molar-refractivity contribution is 4.49. The highest BCUT2D eigenvalue weighted by atomic mass is 16.5. The second-order valence-electron chi connectivity index (χ2n) is 4.50. The second kappa shape index (κ2) is 9.99. The maximum absolute atomic E-state index is 5.51. The smallest absolute Gasteiger partial charge is 0.105 e. The van der Waals surface area contributed by atoms with E-state index in [1.807, 2.05) is 20.8 Å². The first-order valence-electron chi connectivity index (χ1n) is 5.95. The summed E-state index contributed by atoms with van der Waals surface area (Å²) in [4.78, 5) is 0. The molecular formula is C11H28N2O3+2. The van der Waals surface area contributed by atoms with E-state index < -0.39 is 0 Å². The molecule has 0 heterocycles. The van der Waals surface area contributed by atoms with Gasteiger partial charge in [0, 0.05) is 0 Å². The Kier molecular flexibility index (Phi) is 9.86. The fourth-order valence-electron chi connectivity index (χ4n) is 1.03. The highest BCUT2D eigenvalue weighted by Gasteiger charge is 2.05. The van der Waals surface area contributed by atoms with Gasteiger partial charge in [0.15, 0.2) is 0 Å². The molecule has 0 aromatic heterocycles. The Morgan fingerprint density at radius 3 is 1.81 bits per heavy atom. The van der Waals surface area contributed by atoms with E-state index in [1.165, 1.54) is 0 Å². The van der Waals surface area contributed by atoms with Gasteiger partial charge in [-0.1, -0.05) is 0 Å². The SMILES string of the molecule is CC([NH3+])COCCOCC(C)OCC(C)[NH3+]. The lowest BCUT2D eigenvalue weighted by Crippen LogP contribution is -2.61. The molecule has 16 heavy (non-hydrogen) atoms. The Morgan fingerprint density at radius 1 is 0.812 bits per heavy atom. The van der Waals surface area contributed by atoms with Crippen LogP contribution in [0.3, 0.4) is 0 Å². The molecule has 0 aliphatic rings. The van der Waals surface area contributed by atoms with Gasteiger partial charge in [0.1, 0.15) is 12.1 Å². The molecule has 3 atom stereocenters. The molecular weight excluding hydrogens is 208 g/mol. The van der Waals surface area contributed by atoms with Crippen LogP contribution < -0.4 is 11.5 Å². The summed E-state index contributed by atoms with van der Waals surface area (Å²) in [6.07, 6.45) is 0.121. The van der Waals surface area contributed by atoms with Gasteiger partial charge in [-0.25, -0.2) is 0 Å². The molecule has 0 saturated carbocycles. The third-order valence-corrected chi connectivity index (χ3v) is 1.79. The van der Waals surface area contributed by atoms with Crippen molar-refractivity contribution in [3.63, 3.8) is 0 Å². The Hall–Kier alpha value is -0.200. The van der Waals surface area contributed by atoms with E-state index in [2.05, 4.69) is 11.5 Å². The van der Waals surface area contributed by atoms with Crippen molar-refractivity contribution in [2.75, 3.05) is 33.0 Å². The van der Waals surface area contributed by atoms with Crippen LogP contribution in [0.25, 0.3) is 0 Å². The molecule has 0 radical (unpaired) electrons. The van der Waals surface area contributed by atoms with Crippen molar-refractivity contribution in [1.82, 2.24) is 0 Å². The van der Waals surface area contributed by atoms with Gasteiger partial charge in [0.25, 0.3) is 0 Å². The lowest BCUT2D eigenvalue weighted by atomic mass is 10.4. The summed E-state index contributed by atoms with van der Waals surface area (Å²) < 4.78 is 16.3. The summed E-state index contributed by atoms with van der Waals surface area (Å²) >= 11 is 0. The number of hydrogen-bond donors (Lipinski definition) is 2. The number of ether oxygens (including phenoxy) is 3. The molecule has 0 spiro atoms. The Balaban J connectivity index is 3.18. The lowest BCUT2D eigenvalue weighted by molar-refractivity contribution is -0.422. The Bertz CT molecular complexity index is 154. The summed E-state index contributed by atoms with van der Waals surface area (Å²) in [7, 11) is 0. The van der Waals surface area contributed by atoms with Gasteiger partial charge in [-0.3, -0.25) is 0 Å². The number of hydrogen-bond acceptors (Lipinski definition) is 3. The van der Waals surface area contributed by atoms with Crippen LogP contribution >= 0.6 is 0 Å². The second-order valence-corrected chi connectivity index (χ2v) is 4.50. The third-order valence-electron chi connectivity index (χ3n) is 1.79. The van der Waals surface area contributed by atoms with Gasteiger partial charge < -0.3 is 25.7 Å². The van der Waals surface area contributed by atoms with Crippen molar-refractivity contribution in [1.29, 1.82) is 0 Å². The average molecular weight is 236 g/mol. The van der Waals surface area contributed by atoms with Crippen molar-refractivity contribution < 1.29 is 25.7 Å². The average Bonchev–Trinajstić information content (AvgIpc) is 2.19. The molecule has 0 bridgehead atoms. The van der Waals surface area contributed by atoms with Crippen molar-refractivity contribution in [2.45, 2.75) is 39.0 Å². The fraction of sp³-hybridized carbons (Fsp3) is 1.00. The van der Waals surface area contributed by atoms with E-state index in [4.69, 9.17) is 14.2 Å². The first kappa shape index (κ1) is 15.8. The molecule has 0 amide bonds. The summed E-state index contributed by atoms with van der Waals surface area (Å²) in [5, 5.41) is 0. The van der Waals surface area contributed by atoms with E-state index in [1.54, 1.807) is 0 Å². The number of rotatable bonds is 10. The molecule has 0 aliphatic carbocycles. The quantitative estimate of drug-likeness (QED) is 0.462. The fourth-order valence-corrected chi connectivity index (χ4v) is 1.03. The van der Waals surface area contributed by atoms with Gasteiger partial charge >= 0.3 is 0 Å². The van der Waals surface area contributed by atoms with E-state index in [0.717, 1.165) is 0 Å². The maximum Gasteiger partial charge on any atom is 0.105 e. The Morgan fingerprint density at radius 2 is 1.31 bits per heavy atom. The van der Waals surface area contributed by atoms with E-state index in [9.17, 15) is 0 Å². The van der Waals surface area contributed by atoms with Gasteiger partial charge in [-0.05, 0) is 20.8 Å². The van der Waals surface area contributed by atoms with Crippen LogP contribution in [0, 0.1) is 0 Å². The first-order chi connectivity index (χ1) is 7.52. The topological polar surface area (TPSA) is 83.0 Å². The molecule has 0 rings (SSSR count). The van der Waals surface area contributed by atoms with Gasteiger partial charge in [-0.2, -0.15) is 0 Å². The largest absolute Gasteiger partial charge is 0.376 e. The molecule has 0 aromatic carbocycles. The number of quaternary nitrogens is 2. The molecule has 5 nitrogen and oxygen atoms in total. The van der Waals surface area contributed by atoms with Crippen molar-refractivity contribution >= 4 is 0 Å². The molecule has 0 aliphatic heterocycles. The predicted octanol–water partition coefficient (Wildman–Crippen LogP) is -1.31. The van der Waals surface area contributed by atoms with Gasteiger partial charge in [0.05, 0.1) is 39.1 Å². The third kappa shape index (κ3) is 11.9. The monoisotopic (exact) mass is 236 g/mol. The van der Waals surface area contributed by atoms with E-state index in [-0.39, 0.29) is 6.10 Å². The van der Waals surface area contributed by atoms with Crippen LogP contribution in [0.1, 0.15) is 20.8 Å². The minimum absolute atomic E-state index is 0.121. The van der Waals surface area contributed by atoms with Gasteiger partial charge in [-0.15, -0.1) is 0 Å². The molecule has 6 N–H and O–H groups in total. The maximum atomic E-state index is 5.51. The van der Waals surface area contributed by atoms with Crippen LogP contribution in [0.2, 0.25) is 0 Å². The highest BCUT2D eigenvalue weighted by Crippen LogP contribution is 1.93. The molecule has 98 valence electrons. The van der Waals surface area contributed by atoms with Crippen molar-refractivity contribution in [3.8, 4) is 0 Å². The molecule has 5 heteroatoms. The van der Waals surface area contributed by atoms with Crippen LogP contribution in [0.5, 0.6) is 0 Å². The van der Waals surface area contributed by atoms with Crippen LogP contribution in [0.4, 0.5) is 0 Å². The Labute approximate surface area is 98.4 Å². The van der Waals surface area contributed by atoms with Gasteiger partial charge in [0.2, 0.25) is 0 Å². The summed E-state index contributed by atoms with van der Waals surface area (Å²) in [5.74, 6) is 0. The van der Waals surface area contributed by atoms with Crippen LogP contribution in [-0.4, -0.2) is 51.2 Å². The summed E-state index contributed by atoms with van der Waals surface area (Å²) in [6, 6.07) is 0.658. The zero-order chi connectivity index (χ0) is 12.4. The van der Waals surface area contributed by atoms with Crippen LogP contribution in [-0.2, 0) is 14.2 Å². The van der Waals surface area contributed by atoms with Crippen molar-refractivity contribution in [3.05, 3.63) is 0 Å². The molecule has 3 unspecified atom stereocenters. The molecule has 0 aromatic rings. The zero-order valence-corrected chi connectivity index (χ0v) is 10.9. The standard InChI is InChI=1S/C11H26N2O3/c1-9(12)6-14-4-5-15-8-11(3)16-7-10(2)13/h9-11H,4-8,12-13H2,1-3H3/p+2. The molecule has 0 fully saturated rings. The normalized spacial score (nSPS) is 17.1. The first-order valence-corrected chi connectivity index (χ1v) is 5.95. The zero-order valence-electron chi connectivity index (χ0n) is 10.9. The van der Waals surface area contributed by atoms with Crippen molar-refractivity contribution in [2.24, 2.45) is 0 Å². The predicted molar refractivity (Wildman–Crippen MR) is 61.8 cm³/mol. The van der Waals surface area contributed by atoms with Crippen LogP contribution in [0.15, 0.2) is 0 Å². The van der Waals surface area contributed by atoms with E-state index >= 15 is 0 Å². The molecule has 0 saturated heterocycles. The lowest BCUT2D eigenvalue weighted by Gasteiger charge is -2.14. The summed E-state index contributed by atoms with van der Waals surface area (Å²) in [6.45, 7) is 9.27.